The second-order valence-electron chi connectivity index (χ2n) is 8.60. The fourth-order valence-corrected chi connectivity index (χ4v) is 3.87. The summed E-state index contributed by atoms with van der Waals surface area (Å²) in [6.07, 6.45) is 0.135. The molecule has 3 aromatic carbocycles. The van der Waals surface area contributed by atoms with Crippen LogP contribution in [0.2, 0.25) is 0 Å². The molecule has 0 spiro atoms. The van der Waals surface area contributed by atoms with Crippen molar-refractivity contribution in [3.05, 3.63) is 77.4 Å². The number of anilines is 2. The highest BCUT2D eigenvalue weighted by molar-refractivity contribution is 6.01. The summed E-state index contributed by atoms with van der Waals surface area (Å²) in [5.41, 5.74) is 2.94. The molecule has 0 saturated heterocycles. The lowest BCUT2D eigenvalue weighted by Crippen LogP contribution is -2.35. The van der Waals surface area contributed by atoms with Gasteiger partial charge in [-0.3, -0.25) is 4.79 Å². The van der Waals surface area contributed by atoms with Crippen LogP contribution in [0.4, 0.5) is 16.2 Å². The predicted octanol–water partition coefficient (Wildman–Crippen LogP) is 4.82. The standard InChI is InChI=1S/C29H33N3O7/c1-5-32(14-15-39-24-13-11-21(28(34)35)18-26(24)38-4)27(33)17-20-10-12-23(25(16-20)37-3)31-29(36)30-22-9-7-6-8-19(22)2/h6-13,16,18H,5,14-15,17H2,1-4H3,(H,34,35)(H2,30,31,36). The lowest BCUT2D eigenvalue weighted by atomic mass is 10.1. The van der Waals surface area contributed by atoms with Crippen LogP contribution < -0.4 is 24.8 Å². The Morgan fingerprint density at radius 3 is 2.26 bits per heavy atom. The lowest BCUT2D eigenvalue weighted by molar-refractivity contribution is -0.130. The number of amides is 3. The quantitative estimate of drug-likeness (QED) is 0.303. The van der Waals surface area contributed by atoms with Gasteiger partial charge in [-0.1, -0.05) is 24.3 Å². The van der Waals surface area contributed by atoms with Gasteiger partial charge >= 0.3 is 12.0 Å². The maximum atomic E-state index is 13.0. The molecule has 3 rings (SSSR count). The number of aryl methyl sites for hydroxylation is 1. The highest BCUT2D eigenvalue weighted by Gasteiger charge is 2.16. The third kappa shape index (κ3) is 7.88. The molecule has 0 unspecified atom stereocenters. The number of para-hydroxylation sites is 1. The third-order valence-corrected chi connectivity index (χ3v) is 6.03. The van der Waals surface area contributed by atoms with Crippen LogP contribution in [0.25, 0.3) is 0 Å². The molecule has 0 atom stereocenters. The van der Waals surface area contributed by atoms with Gasteiger partial charge < -0.3 is 34.9 Å². The van der Waals surface area contributed by atoms with Crippen molar-refractivity contribution in [2.24, 2.45) is 0 Å². The first-order valence-corrected chi connectivity index (χ1v) is 12.4. The summed E-state index contributed by atoms with van der Waals surface area (Å²) in [5, 5.41) is 14.7. The molecule has 0 aromatic heterocycles. The first-order valence-electron chi connectivity index (χ1n) is 12.4. The molecule has 0 aliphatic carbocycles. The number of ether oxygens (including phenoxy) is 3. The van der Waals surface area contributed by atoms with Gasteiger partial charge in [-0.05, 0) is 61.4 Å². The van der Waals surface area contributed by atoms with E-state index in [-0.39, 0.29) is 24.5 Å². The highest BCUT2D eigenvalue weighted by atomic mass is 16.5. The number of likely N-dealkylation sites (N-methyl/N-ethyl adjacent to an activating group) is 1. The summed E-state index contributed by atoms with van der Waals surface area (Å²) >= 11 is 0. The molecule has 3 N–H and O–H groups in total. The minimum absolute atomic E-state index is 0.0909. The van der Waals surface area contributed by atoms with Crippen LogP contribution in [-0.4, -0.2) is 61.8 Å². The monoisotopic (exact) mass is 535 g/mol. The maximum absolute atomic E-state index is 13.0. The van der Waals surface area contributed by atoms with E-state index in [9.17, 15) is 14.4 Å². The molecule has 0 bridgehead atoms. The topological polar surface area (TPSA) is 126 Å². The first-order chi connectivity index (χ1) is 18.7. The van der Waals surface area contributed by atoms with Gasteiger partial charge in [0.15, 0.2) is 11.5 Å². The van der Waals surface area contributed by atoms with Crippen molar-refractivity contribution in [2.75, 3.05) is 44.5 Å². The van der Waals surface area contributed by atoms with Gasteiger partial charge in [0, 0.05) is 12.2 Å². The largest absolute Gasteiger partial charge is 0.495 e. The number of carbonyl (C=O) groups is 3. The Morgan fingerprint density at radius 2 is 1.59 bits per heavy atom. The molecule has 10 nitrogen and oxygen atoms in total. The molecule has 206 valence electrons. The van der Waals surface area contributed by atoms with Crippen molar-refractivity contribution in [3.63, 3.8) is 0 Å². The van der Waals surface area contributed by atoms with Gasteiger partial charge in [0.1, 0.15) is 12.4 Å². The molecular weight excluding hydrogens is 502 g/mol. The van der Waals surface area contributed by atoms with Gasteiger partial charge in [0.2, 0.25) is 5.91 Å². The number of carbonyl (C=O) groups excluding carboxylic acids is 2. The minimum Gasteiger partial charge on any atom is -0.495 e. The van der Waals surface area contributed by atoms with Crippen LogP contribution in [-0.2, 0) is 11.2 Å². The zero-order valence-corrected chi connectivity index (χ0v) is 22.4. The van der Waals surface area contributed by atoms with Crippen LogP contribution in [0.3, 0.4) is 0 Å². The molecular formula is C29H33N3O7. The van der Waals surface area contributed by atoms with Gasteiger partial charge in [-0.25, -0.2) is 9.59 Å². The zero-order chi connectivity index (χ0) is 28.4. The molecule has 3 aromatic rings. The SMILES string of the molecule is CCN(CCOc1ccc(C(=O)O)cc1OC)C(=O)Cc1ccc(NC(=O)Nc2ccccc2C)c(OC)c1. The summed E-state index contributed by atoms with van der Waals surface area (Å²) in [7, 11) is 2.93. The number of aromatic carboxylic acids is 1. The van der Waals surface area contributed by atoms with Gasteiger partial charge in [-0.15, -0.1) is 0 Å². The van der Waals surface area contributed by atoms with Crippen LogP contribution in [0, 0.1) is 6.92 Å². The number of benzene rings is 3. The maximum Gasteiger partial charge on any atom is 0.335 e. The Balaban J connectivity index is 1.58. The summed E-state index contributed by atoms with van der Waals surface area (Å²) < 4.78 is 16.4. The van der Waals surface area contributed by atoms with E-state index in [0.717, 1.165) is 11.1 Å². The average Bonchev–Trinajstić information content (AvgIpc) is 2.93. The van der Waals surface area contributed by atoms with Crippen molar-refractivity contribution < 1.29 is 33.7 Å². The smallest absolute Gasteiger partial charge is 0.335 e. The molecule has 0 saturated carbocycles. The number of nitrogens with zero attached hydrogens (tertiary/aromatic N) is 1. The Labute approximate surface area is 227 Å². The second kappa shape index (κ2) is 13.7. The number of hydrogen-bond acceptors (Lipinski definition) is 6. The van der Waals surface area contributed by atoms with E-state index in [1.165, 1.54) is 32.4 Å². The number of carboxylic acid groups (broad SMARTS) is 1. The number of nitrogens with one attached hydrogen (secondary N) is 2. The zero-order valence-electron chi connectivity index (χ0n) is 22.4. The van der Waals surface area contributed by atoms with Gasteiger partial charge in [-0.2, -0.15) is 0 Å². The molecule has 3 amide bonds. The molecule has 0 heterocycles. The number of hydrogen-bond donors (Lipinski definition) is 3. The second-order valence-corrected chi connectivity index (χ2v) is 8.60. The predicted molar refractivity (Wildman–Crippen MR) is 148 cm³/mol. The summed E-state index contributed by atoms with van der Waals surface area (Å²) in [6.45, 7) is 4.79. The number of rotatable bonds is 12. The van der Waals surface area contributed by atoms with Gasteiger partial charge in [0.25, 0.3) is 0 Å². The molecule has 39 heavy (non-hydrogen) atoms. The minimum atomic E-state index is -1.06. The molecule has 0 aliphatic heterocycles. The Morgan fingerprint density at radius 1 is 0.872 bits per heavy atom. The van der Waals surface area contributed by atoms with E-state index in [4.69, 9.17) is 19.3 Å². The molecule has 0 radical (unpaired) electrons. The third-order valence-electron chi connectivity index (χ3n) is 6.03. The highest BCUT2D eigenvalue weighted by Crippen LogP contribution is 2.29. The van der Waals surface area contributed by atoms with E-state index >= 15 is 0 Å². The molecule has 10 heteroatoms. The Bertz CT molecular complexity index is 1330. The van der Waals surface area contributed by atoms with Crippen molar-refractivity contribution in [1.82, 2.24) is 4.90 Å². The fourth-order valence-electron chi connectivity index (χ4n) is 3.87. The van der Waals surface area contributed by atoms with E-state index < -0.39 is 12.0 Å². The van der Waals surface area contributed by atoms with Crippen LogP contribution in [0.1, 0.15) is 28.4 Å². The summed E-state index contributed by atoms with van der Waals surface area (Å²) in [4.78, 5) is 38.3. The van der Waals surface area contributed by atoms with Crippen LogP contribution in [0.5, 0.6) is 17.2 Å². The summed E-state index contributed by atoms with van der Waals surface area (Å²) in [6, 6.07) is 16.6. The Hall–Kier alpha value is -4.73. The number of methoxy groups -OCH3 is 2. The van der Waals surface area contributed by atoms with E-state index in [2.05, 4.69) is 10.6 Å². The van der Waals surface area contributed by atoms with Gasteiger partial charge in [0.05, 0.1) is 38.4 Å². The fraction of sp³-hybridized carbons (Fsp3) is 0.276. The van der Waals surface area contributed by atoms with E-state index in [0.29, 0.717) is 41.7 Å². The lowest BCUT2D eigenvalue weighted by Gasteiger charge is -2.22. The average molecular weight is 536 g/mol. The van der Waals surface area contributed by atoms with Crippen molar-refractivity contribution in [1.29, 1.82) is 0 Å². The number of carboxylic acids is 1. The van der Waals surface area contributed by atoms with Crippen LogP contribution >= 0.6 is 0 Å². The van der Waals surface area contributed by atoms with Crippen molar-refractivity contribution >= 4 is 29.3 Å². The normalized spacial score (nSPS) is 10.4. The van der Waals surface area contributed by atoms with Crippen molar-refractivity contribution in [2.45, 2.75) is 20.3 Å². The van der Waals surface area contributed by atoms with E-state index in [1.54, 1.807) is 23.1 Å². The number of urea groups is 1. The van der Waals surface area contributed by atoms with Crippen molar-refractivity contribution in [3.8, 4) is 17.2 Å². The molecule has 0 fully saturated rings. The van der Waals surface area contributed by atoms with Crippen LogP contribution in [0.15, 0.2) is 60.7 Å². The summed E-state index contributed by atoms with van der Waals surface area (Å²) in [5.74, 6) is -0.0330. The molecule has 0 aliphatic rings. The Kier molecular flexibility index (Phi) is 10.1. The van der Waals surface area contributed by atoms with E-state index in [1.807, 2.05) is 38.1 Å². The first kappa shape index (κ1) is 28.8.